The van der Waals surface area contributed by atoms with Gasteiger partial charge in [-0.05, 0) is 41.1 Å². The largest absolute Gasteiger partial charge is 0.497 e. The third kappa shape index (κ3) is 3.54. The molecule has 1 fully saturated rings. The summed E-state index contributed by atoms with van der Waals surface area (Å²) in [4.78, 5) is 14.5. The van der Waals surface area contributed by atoms with Gasteiger partial charge in [0.15, 0.2) is 0 Å². The number of carbonyl (C=O) groups excluding carboxylic acids is 1. The Balaban J connectivity index is 2.22. The van der Waals surface area contributed by atoms with Gasteiger partial charge in [0.2, 0.25) is 0 Å². The molecular formula is C14H17Br2NO3. The van der Waals surface area contributed by atoms with Gasteiger partial charge in [0.05, 0.1) is 24.9 Å². The maximum atomic E-state index is 12.7. The molecule has 1 aliphatic rings. The summed E-state index contributed by atoms with van der Waals surface area (Å²) in [7, 11) is 1.59. The van der Waals surface area contributed by atoms with Crippen LogP contribution in [0.4, 0.5) is 0 Å². The Kier molecular flexibility index (Phi) is 5.46. The van der Waals surface area contributed by atoms with Gasteiger partial charge in [-0.1, -0.05) is 15.9 Å². The number of ether oxygens (including phenoxy) is 2. The summed E-state index contributed by atoms with van der Waals surface area (Å²) < 4.78 is 11.7. The smallest absolute Gasteiger partial charge is 0.255 e. The number of hydrogen-bond donors (Lipinski definition) is 0. The number of morpholine rings is 1. The van der Waals surface area contributed by atoms with Crippen LogP contribution in [-0.2, 0) is 4.74 Å². The highest BCUT2D eigenvalue weighted by molar-refractivity contribution is 9.10. The van der Waals surface area contributed by atoms with Gasteiger partial charge in [0.25, 0.3) is 5.91 Å². The molecule has 4 nitrogen and oxygen atoms in total. The molecule has 2 atom stereocenters. The highest BCUT2D eigenvalue weighted by Crippen LogP contribution is 2.25. The molecule has 0 spiro atoms. The lowest BCUT2D eigenvalue weighted by Crippen LogP contribution is -2.49. The van der Waals surface area contributed by atoms with E-state index in [9.17, 15) is 4.79 Å². The third-order valence-corrected chi connectivity index (χ3v) is 4.60. The summed E-state index contributed by atoms with van der Waals surface area (Å²) in [6.45, 7) is 3.18. The summed E-state index contributed by atoms with van der Waals surface area (Å²) in [6.07, 6.45) is 0.0757. The lowest BCUT2D eigenvalue weighted by atomic mass is 10.1. The van der Waals surface area contributed by atoms with E-state index in [1.54, 1.807) is 13.2 Å². The second-order valence-corrected chi connectivity index (χ2v) is 6.28. The molecule has 20 heavy (non-hydrogen) atoms. The van der Waals surface area contributed by atoms with Crippen molar-refractivity contribution in [3.8, 4) is 5.75 Å². The Morgan fingerprint density at radius 3 is 2.90 bits per heavy atom. The monoisotopic (exact) mass is 405 g/mol. The quantitative estimate of drug-likeness (QED) is 0.724. The van der Waals surface area contributed by atoms with Crippen LogP contribution in [0.2, 0.25) is 0 Å². The van der Waals surface area contributed by atoms with E-state index in [1.165, 1.54) is 0 Å². The molecule has 0 bridgehead atoms. The minimum absolute atomic E-state index is 0.00289. The molecule has 110 valence electrons. The van der Waals surface area contributed by atoms with E-state index in [1.807, 2.05) is 24.0 Å². The highest BCUT2D eigenvalue weighted by atomic mass is 79.9. The van der Waals surface area contributed by atoms with E-state index in [0.717, 1.165) is 9.80 Å². The molecule has 6 heteroatoms. The van der Waals surface area contributed by atoms with E-state index >= 15 is 0 Å². The summed E-state index contributed by atoms with van der Waals surface area (Å²) in [5.74, 6) is 0.673. The van der Waals surface area contributed by atoms with Crippen LogP contribution >= 0.6 is 31.9 Å². The van der Waals surface area contributed by atoms with E-state index < -0.39 is 0 Å². The van der Waals surface area contributed by atoms with Crippen molar-refractivity contribution >= 4 is 37.8 Å². The number of methoxy groups -OCH3 is 1. The van der Waals surface area contributed by atoms with Crippen LogP contribution in [0.15, 0.2) is 22.7 Å². The maximum Gasteiger partial charge on any atom is 0.255 e. The molecule has 1 heterocycles. The van der Waals surface area contributed by atoms with Crippen LogP contribution < -0.4 is 4.74 Å². The minimum Gasteiger partial charge on any atom is -0.497 e. The van der Waals surface area contributed by atoms with Gasteiger partial charge in [-0.3, -0.25) is 4.79 Å². The molecule has 1 amide bonds. The van der Waals surface area contributed by atoms with E-state index in [2.05, 4.69) is 31.9 Å². The first kappa shape index (κ1) is 15.8. The number of amides is 1. The molecule has 2 unspecified atom stereocenters. The first-order valence-corrected chi connectivity index (χ1v) is 8.30. The fourth-order valence-electron chi connectivity index (χ4n) is 2.26. The van der Waals surface area contributed by atoms with E-state index in [0.29, 0.717) is 24.4 Å². The topological polar surface area (TPSA) is 38.8 Å². The summed E-state index contributed by atoms with van der Waals surface area (Å²) in [6, 6.07) is 5.41. The molecule has 2 rings (SSSR count). The van der Waals surface area contributed by atoms with E-state index in [4.69, 9.17) is 9.47 Å². The van der Waals surface area contributed by atoms with Gasteiger partial charge < -0.3 is 14.4 Å². The molecule has 0 aliphatic carbocycles. The van der Waals surface area contributed by atoms with Gasteiger partial charge >= 0.3 is 0 Å². The van der Waals surface area contributed by atoms with Crippen molar-refractivity contribution in [3.05, 3.63) is 28.2 Å². The lowest BCUT2D eigenvalue weighted by Gasteiger charge is -2.36. The minimum atomic E-state index is -0.00289. The van der Waals surface area contributed by atoms with Crippen LogP contribution in [0.3, 0.4) is 0 Å². The molecular weight excluding hydrogens is 390 g/mol. The molecule has 0 N–H and O–H groups in total. The van der Waals surface area contributed by atoms with Crippen molar-refractivity contribution in [1.82, 2.24) is 4.90 Å². The molecule has 0 saturated carbocycles. The Bertz CT molecular complexity index is 495. The number of carbonyl (C=O) groups is 1. The Morgan fingerprint density at radius 2 is 2.25 bits per heavy atom. The molecule has 0 aromatic heterocycles. The predicted molar refractivity (Wildman–Crippen MR) is 84.7 cm³/mol. The molecule has 1 aromatic rings. The van der Waals surface area contributed by atoms with Gasteiger partial charge in [-0.15, -0.1) is 0 Å². The van der Waals surface area contributed by atoms with Crippen LogP contribution in [0.25, 0.3) is 0 Å². The zero-order valence-corrected chi connectivity index (χ0v) is 14.6. The fraction of sp³-hybridized carbons (Fsp3) is 0.500. The van der Waals surface area contributed by atoms with Crippen molar-refractivity contribution in [3.63, 3.8) is 0 Å². The fourth-order valence-corrected chi connectivity index (χ4v) is 3.04. The SMILES string of the molecule is COc1ccc(Br)c(C(=O)N2CC(C)OC(CBr)C2)c1. The normalized spacial score (nSPS) is 22.7. The molecule has 1 aliphatic heterocycles. The van der Waals surface area contributed by atoms with Crippen molar-refractivity contribution in [2.24, 2.45) is 0 Å². The molecule has 1 aromatic carbocycles. The molecule has 0 radical (unpaired) electrons. The van der Waals surface area contributed by atoms with E-state index in [-0.39, 0.29) is 18.1 Å². The summed E-state index contributed by atoms with van der Waals surface area (Å²) >= 11 is 6.85. The first-order valence-electron chi connectivity index (χ1n) is 6.39. The second-order valence-electron chi connectivity index (χ2n) is 4.78. The zero-order valence-electron chi connectivity index (χ0n) is 11.4. The van der Waals surface area contributed by atoms with Crippen molar-refractivity contribution in [2.45, 2.75) is 19.1 Å². The maximum absolute atomic E-state index is 12.7. The van der Waals surface area contributed by atoms with Crippen molar-refractivity contribution in [1.29, 1.82) is 0 Å². The summed E-state index contributed by atoms with van der Waals surface area (Å²) in [5.41, 5.74) is 0.617. The summed E-state index contributed by atoms with van der Waals surface area (Å²) in [5, 5.41) is 0.723. The van der Waals surface area contributed by atoms with Gasteiger partial charge in [-0.25, -0.2) is 0 Å². The standard InChI is InChI=1S/C14H17Br2NO3/c1-9-7-17(8-11(6-15)20-9)14(18)12-5-10(19-2)3-4-13(12)16/h3-5,9,11H,6-8H2,1-2H3. The van der Waals surface area contributed by atoms with Gasteiger partial charge in [0, 0.05) is 22.9 Å². The second kappa shape index (κ2) is 6.91. The number of alkyl halides is 1. The number of hydrogen-bond acceptors (Lipinski definition) is 3. The van der Waals surface area contributed by atoms with Crippen molar-refractivity contribution in [2.75, 3.05) is 25.5 Å². The van der Waals surface area contributed by atoms with Crippen LogP contribution in [0, 0.1) is 0 Å². The number of benzene rings is 1. The predicted octanol–water partition coefficient (Wildman–Crippen LogP) is 3.08. The Hall–Kier alpha value is -0.590. The van der Waals surface area contributed by atoms with Crippen LogP contribution in [0.1, 0.15) is 17.3 Å². The average molecular weight is 407 g/mol. The Morgan fingerprint density at radius 1 is 1.50 bits per heavy atom. The third-order valence-electron chi connectivity index (χ3n) is 3.19. The van der Waals surface area contributed by atoms with Crippen molar-refractivity contribution < 1.29 is 14.3 Å². The number of rotatable bonds is 3. The zero-order chi connectivity index (χ0) is 14.7. The van der Waals surface area contributed by atoms with Gasteiger partial charge in [0.1, 0.15) is 5.75 Å². The lowest BCUT2D eigenvalue weighted by molar-refractivity contribution is -0.0560. The first-order chi connectivity index (χ1) is 9.55. The number of nitrogens with zero attached hydrogens (tertiary/aromatic N) is 1. The number of halogens is 2. The van der Waals surface area contributed by atoms with Crippen LogP contribution in [0.5, 0.6) is 5.75 Å². The average Bonchev–Trinajstić information content (AvgIpc) is 2.46. The van der Waals surface area contributed by atoms with Crippen LogP contribution in [-0.4, -0.2) is 48.5 Å². The van der Waals surface area contributed by atoms with Gasteiger partial charge in [-0.2, -0.15) is 0 Å². The highest BCUT2D eigenvalue weighted by Gasteiger charge is 2.29. The Labute approximate surface area is 135 Å². The molecule has 1 saturated heterocycles.